The highest BCUT2D eigenvalue weighted by molar-refractivity contribution is 9.10. The van der Waals surface area contributed by atoms with E-state index in [1.54, 1.807) is 0 Å². The molecule has 0 saturated carbocycles. The van der Waals surface area contributed by atoms with Crippen LogP contribution < -0.4 is 0 Å². The Balaban J connectivity index is 2.73. The summed E-state index contributed by atoms with van der Waals surface area (Å²) in [4.78, 5) is 17.9. The van der Waals surface area contributed by atoms with Gasteiger partial charge >= 0.3 is 7.60 Å². The second-order valence-corrected chi connectivity index (χ2v) is 7.62. The molecule has 1 rings (SSSR count). The number of aliphatic hydroxyl groups is 3. The van der Waals surface area contributed by atoms with Gasteiger partial charge in [0.15, 0.2) is 6.29 Å². The third kappa shape index (κ3) is 3.72. The lowest BCUT2D eigenvalue weighted by Crippen LogP contribution is -2.58. The molecule has 6 atom stereocenters. The number of hydrogen-bond donors (Lipinski definition) is 5. The normalized spacial score (nSPS) is 39.6. The van der Waals surface area contributed by atoms with Gasteiger partial charge in [-0.2, -0.15) is 0 Å². The molecule has 1 aliphatic rings. The largest absolute Gasteiger partial charge is 0.388 e. The smallest absolute Gasteiger partial charge is 0.339 e. The average molecular weight is 351 g/mol. The Morgan fingerprint density at radius 1 is 1.28 bits per heavy atom. The summed E-state index contributed by atoms with van der Waals surface area (Å²) in [6.07, 6.45) is -6.86. The molecule has 0 amide bonds. The van der Waals surface area contributed by atoms with Gasteiger partial charge in [0.25, 0.3) is 0 Å². The number of hydrogen-bond acceptors (Lipinski definition) is 6. The third-order valence-corrected chi connectivity index (χ3v) is 5.61. The van der Waals surface area contributed by atoms with E-state index < -0.39 is 42.9 Å². The van der Waals surface area contributed by atoms with Crippen molar-refractivity contribution in [3.8, 4) is 0 Å². The van der Waals surface area contributed by atoms with Gasteiger partial charge < -0.3 is 34.6 Å². The average Bonchev–Trinajstić information content (AvgIpc) is 2.28. The molecule has 1 fully saturated rings. The van der Waals surface area contributed by atoms with Crippen LogP contribution in [0.4, 0.5) is 0 Å². The molecule has 0 aliphatic carbocycles. The summed E-state index contributed by atoms with van der Waals surface area (Å²) >= 11 is 2.80. The summed E-state index contributed by atoms with van der Waals surface area (Å²) in [6.45, 7) is 0. The van der Waals surface area contributed by atoms with Crippen LogP contribution in [0, 0.1) is 0 Å². The van der Waals surface area contributed by atoms with Gasteiger partial charge in [-0.3, -0.25) is 4.57 Å². The van der Waals surface area contributed by atoms with E-state index in [2.05, 4.69) is 15.9 Å². The molecule has 108 valence electrons. The highest BCUT2D eigenvalue weighted by atomic mass is 79.9. The van der Waals surface area contributed by atoms with Crippen LogP contribution in [-0.4, -0.2) is 67.5 Å². The van der Waals surface area contributed by atoms with Crippen molar-refractivity contribution in [1.29, 1.82) is 0 Å². The Bertz CT molecular complexity index is 320. The minimum Gasteiger partial charge on any atom is -0.388 e. The van der Waals surface area contributed by atoms with Crippen molar-refractivity contribution < 1.29 is 39.1 Å². The number of halogens is 1. The fourth-order valence-electron chi connectivity index (χ4n) is 1.64. The van der Waals surface area contributed by atoms with Crippen LogP contribution in [0.25, 0.3) is 0 Å². The van der Waals surface area contributed by atoms with Gasteiger partial charge in [-0.05, 0) is 0 Å². The number of ether oxygens (including phenoxy) is 2. The Morgan fingerprint density at radius 2 is 1.83 bits per heavy atom. The minimum absolute atomic E-state index is 0.241. The molecule has 0 aromatic carbocycles. The quantitative estimate of drug-likeness (QED) is 0.312. The van der Waals surface area contributed by atoms with E-state index >= 15 is 0 Å². The van der Waals surface area contributed by atoms with E-state index in [0.29, 0.717) is 0 Å². The monoisotopic (exact) mass is 350 g/mol. The molecule has 18 heavy (non-hydrogen) atoms. The predicted octanol–water partition coefficient (Wildman–Crippen LogP) is -1.27. The van der Waals surface area contributed by atoms with E-state index in [0.717, 1.165) is 0 Å². The molecule has 0 aromatic rings. The van der Waals surface area contributed by atoms with Gasteiger partial charge in [0.2, 0.25) is 0 Å². The number of methoxy groups -OCH3 is 1. The molecule has 1 heterocycles. The number of alkyl halides is 1. The van der Waals surface area contributed by atoms with Crippen LogP contribution in [0.15, 0.2) is 0 Å². The molecule has 0 radical (unpaired) electrons. The molecular formula is C8H16BrO8P. The van der Waals surface area contributed by atoms with Gasteiger partial charge in [0.05, 0.1) is 6.10 Å². The van der Waals surface area contributed by atoms with E-state index in [1.165, 1.54) is 7.11 Å². The highest BCUT2D eigenvalue weighted by Crippen LogP contribution is 2.47. The Hall–Kier alpha value is 0.430. The molecule has 0 aromatic heterocycles. The van der Waals surface area contributed by atoms with Crippen molar-refractivity contribution in [2.24, 2.45) is 0 Å². The number of rotatable bonds is 4. The third-order valence-electron chi connectivity index (χ3n) is 2.69. The van der Waals surface area contributed by atoms with Crippen LogP contribution in [0.3, 0.4) is 0 Å². The molecule has 8 nitrogen and oxygen atoms in total. The Kier molecular flexibility index (Phi) is 5.73. The maximum Gasteiger partial charge on any atom is 0.339 e. The van der Waals surface area contributed by atoms with Crippen molar-refractivity contribution in [2.75, 3.05) is 7.11 Å². The van der Waals surface area contributed by atoms with Gasteiger partial charge in [0, 0.05) is 13.5 Å². The maximum absolute atomic E-state index is 11.0. The van der Waals surface area contributed by atoms with E-state index in [4.69, 9.17) is 19.3 Å². The van der Waals surface area contributed by atoms with E-state index in [9.17, 15) is 19.9 Å². The summed E-state index contributed by atoms with van der Waals surface area (Å²) in [5.74, 6) is 0. The lowest BCUT2D eigenvalue weighted by molar-refractivity contribution is -0.290. The predicted molar refractivity (Wildman–Crippen MR) is 63.1 cm³/mol. The molecular weight excluding hydrogens is 335 g/mol. The van der Waals surface area contributed by atoms with Gasteiger partial charge in [-0.1, -0.05) is 15.9 Å². The topological polar surface area (TPSA) is 137 Å². The van der Waals surface area contributed by atoms with E-state index in [1.807, 2.05) is 0 Å². The fraction of sp³-hybridized carbons (Fsp3) is 1.00. The zero-order valence-electron chi connectivity index (χ0n) is 9.46. The summed E-state index contributed by atoms with van der Waals surface area (Å²) in [7, 11) is -3.13. The van der Waals surface area contributed by atoms with Gasteiger partial charge in [-0.25, -0.2) is 0 Å². The van der Waals surface area contributed by atoms with Crippen molar-refractivity contribution in [3.05, 3.63) is 0 Å². The summed E-state index contributed by atoms with van der Waals surface area (Å²) in [5, 5.41) is 28.7. The molecule has 1 unspecified atom stereocenters. The van der Waals surface area contributed by atoms with Crippen molar-refractivity contribution in [3.63, 3.8) is 0 Å². The SMILES string of the molecule is CO[C@H]1O[C@H](CC(Br)P(=O)(O)O)[C@@H](O)[C@H](O)[C@H]1O. The molecule has 1 saturated heterocycles. The lowest BCUT2D eigenvalue weighted by atomic mass is 9.97. The Labute approximate surface area is 112 Å². The standard InChI is InChI=1S/C8H16BrO8P/c1-16-8-7(12)6(11)5(10)3(17-8)2-4(9)18(13,14)15/h3-8,10-12H,2H2,1H3,(H2,13,14,15)/t3-,4?,5-,6+,7-,8+/m1/s1. The van der Waals surface area contributed by atoms with Crippen molar-refractivity contribution >= 4 is 23.5 Å². The first kappa shape index (κ1) is 16.5. The second-order valence-electron chi connectivity index (χ2n) is 4.01. The lowest BCUT2D eigenvalue weighted by Gasteiger charge is -2.40. The molecule has 5 N–H and O–H groups in total. The first-order valence-electron chi connectivity index (χ1n) is 5.10. The fourth-order valence-corrected chi connectivity index (χ4v) is 2.49. The zero-order chi connectivity index (χ0) is 14.1. The van der Waals surface area contributed by atoms with Crippen LogP contribution in [0.2, 0.25) is 0 Å². The van der Waals surface area contributed by atoms with Crippen molar-refractivity contribution in [2.45, 2.75) is 41.7 Å². The van der Waals surface area contributed by atoms with Crippen LogP contribution >= 0.6 is 23.5 Å². The summed E-state index contributed by atoms with van der Waals surface area (Å²) < 4.78 is 19.7. The molecule has 10 heteroatoms. The first-order chi connectivity index (χ1) is 8.18. The first-order valence-corrected chi connectivity index (χ1v) is 7.70. The van der Waals surface area contributed by atoms with Gasteiger partial charge in [0.1, 0.15) is 22.9 Å². The van der Waals surface area contributed by atoms with Crippen LogP contribution in [0.5, 0.6) is 0 Å². The van der Waals surface area contributed by atoms with Crippen molar-refractivity contribution in [1.82, 2.24) is 0 Å². The van der Waals surface area contributed by atoms with Gasteiger partial charge in [-0.15, -0.1) is 0 Å². The maximum atomic E-state index is 11.0. The Morgan fingerprint density at radius 3 is 2.28 bits per heavy atom. The molecule has 1 aliphatic heterocycles. The minimum atomic E-state index is -4.37. The molecule has 0 bridgehead atoms. The molecule has 0 spiro atoms. The zero-order valence-corrected chi connectivity index (χ0v) is 11.9. The second kappa shape index (κ2) is 6.25. The van der Waals surface area contributed by atoms with Crippen LogP contribution in [-0.2, 0) is 14.0 Å². The highest BCUT2D eigenvalue weighted by Gasteiger charge is 2.45. The summed E-state index contributed by atoms with van der Waals surface area (Å²) in [5.41, 5.74) is 0. The van der Waals surface area contributed by atoms with Crippen LogP contribution in [0.1, 0.15) is 6.42 Å². The van der Waals surface area contributed by atoms with E-state index in [-0.39, 0.29) is 6.42 Å². The summed E-state index contributed by atoms with van der Waals surface area (Å²) in [6, 6.07) is 0. The number of aliphatic hydroxyl groups excluding tert-OH is 3.